The van der Waals surface area contributed by atoms with Gasteiger partial charge in [0.1, 0.15) is 0 Å². The molecule has 3 fully saturated rings. The van der Waals surface area contributed by atoms with Gasteiger partial charge in [-0.25, -0.2) is 0 Å². The Labute approximate surface area is 174 Å². The van der Waals surface area contributed by atoms with Crippen molar-refractivity contribution in [1.29, 1.82) is 0 Å². The Morgan fingerprint density at radius 3 is 1.93 bits per heavy atom. The van der Waals surface area contributed by atoms with E-state index in [0.717, 1.165) is 65.1 Å². The smallest absolute Gasteiger partial charge is 0.0682 e. The highest BCUT2D eigenvalue weighted by Gasteiger charge is 2.55. The Balaban J connectivity index is 1.21. The zero-order chi connectivity index (χ0) is 19.7. The predicted molar refractivity (Wildman–Crippen MR) is 117 cm³/mol. The van der Waals surface area contributed by atoms with E-state index in [2.05, 4.69) is 75.4 Å². The van der Waals surface area contributed by atoms with Crippen molar-refractivity contribution < 1.29 is 5.11 Å². The first-order valence-electron chi connectivity index (χ1n) is 11.2. The molecule has 2 aromatic rings. The maximum atomic E-state index is 10.4. The van der Waals surface area contributed by atoms with Gasteiger partial charge in [-0.3, -0.25) is 14.7 Å². The Morgan fingerprint density at radius 1 is 0.759 bits per heavy atom. The van der Waals surface area contributed by atoms with Crippen molar-refractivity contribution in [2.45, 2.75) is 36.9 Å². The summed E-state index contributed by atoms with van der Waals surface area (Å²) in [4.78, 5) is 7.94. The lowest BCUT2D eigenvalue weighted by atomic mass is 9.83. The first kappa shape index (κ1) is 19.3. The fourth-order valence-electron chi connectivity index (χ4n) is 5.78. The molecule has 4 nitrogen and oxygen atoms in total. The third-order valence-corrected chi connectivity index (χ3v) is 7.14. The monoisotopic (exact) mass is 391 g/mol. The van der Waals surface area contributed by atoms with Crippen LogP contribution in [0.25, 0.3) is 0 Å². The average Bonchev–Trinajstić information content (AvgIpc) is 3.11. The molecule has 0 saturated carbocycles. The lowest BCUT2D eigenvalue weighted by Gasteiger charge is -2.61. The van der Waals surface area contributed by atoms with E-state index >= 15 is 0 Å². The molecule has 2 unspecified atom stereocenters. The zero-order valence-corrected chi connectivity index (χ0v) is 17.3. The van der Waals surface area contributed by atoms with E-state index in [1.807, 2.05) is 0 Å². The number of likely N-dealkylation sites (tertiary alicyclic amines) is 1. The average molecular weight is 392 g/mol. The molecule has 29 heavy (non-hydrogen) atoms. The van der Waals surface area contributed by atoms with Crippen LogP contribution in [0.15, 0.2) is 60.7 Å². The van der Waals surface area contributed by atoms with E-state index in [9.17, 15) is 5.11 Å². The van der Waals surface area contributed by atoms with Crippen molar-refractivity contribution in [3.05, 3.63) is 71.8 Å². The molecule has 0 aliphatic carbocycles. The van der Waals surface area contributed by atoms with Gasteiger partial charge in [-0.15, -0.1) is 0 Å². The molecule has 1 spiro atoms. The SMILES string of the molecule is OC1CC2CN(CCc3ccccc3)CC3(CN(CCc4ccccc4)C3)N2C1. The molecule has 0 radical (unpaired) electrons. The molecule has 1 N–H and O–H groups in total. The molecule has 3 aliphatic rings. The van der Waals surface area contributed by atoms with Crippen LogP contribution in [-0.4, -0.2) is 83.3 Å². The van der Waals surface area contributed by atoms with E-state index in [4.69, 9.17) is 0 Å². The van der Waals surface area contributed by atoms with Gasteiger partial charge in [-0.2, -0.15) is 0 Å². The highest BCUT2D eigenvalue weighted by atomic mass is 16.3. The largest absolute Gasteiger partial charge is 0.392 e. The van der Waals surface area contributed by atoms with Crippen LogP contribution in [0.4, 0.5) is 0 Å². The second-order valence-electron chi connectivity index (χ2n) is 9.34. The van der Waals surface area contributed by atoms with Gasteiger partial charge in [-0.05, 0) is 30.4 Å². The minimum absolute atomic E-state index is 0.149. The van der Waals surface area contributed by atoms with Gasteiger partial charge in [0.05, 0.1) is 11.6 Å². The number of nitrogens with zero attached hydrogens (tertiary/aromatic N) is 3. The summed E-state index contributed by atoms with van der Waals surface area (Å²) < 4.78 is 0. The zero-order valence-electron chi connectivity index (χ0n) is 17.3. The maximum Gasteiger partial charge on any atom is 0.0682 e. The molecule has 0 amide bonds. The highest BCUT2D eigenvalue weighted by molar-refractivity contribution is 5.18. The molecule has 3 aliphatic heterocycles. The first-order chi connectivity index (χ1) is 14.2. The second kappa shape index (κ2) is 8.19. The molecular weight excluding hydrogens is 358 g/mol. The van der Waals surface area contributed by atoms with Crippen molar-refractivity contribution in [3.63, 3.8) is 0 Å². The van der Waals surface area contributed by atoms with Crippen molar-refractivity contribution in [2.24, 2.45) is 0 Å². The molecule has 154 valence electrons. The number of piperazine rings is 1. The van der Waals surface area contributed by atoms with Crippen LogP contribution in [0.3, 0.4) is 0 Å². The van der Waals surface area contributed by atoms with Gasteiger partial charge in [0.25, 0.3) is 0 Å². The molecule has 5 rings (SSSR count). The molecule has 3 saturated heterocycles. The molecule has 2 atom stereocenters. The molecule has 0 bridgehead atoms. The van der Waals surface area contributed by atoms with E-state index in [0.29, 0.717) is 6.04 Å². The Morgan fingerprint density at radius 2 is 1.31 bits per heavy atom. The standard InChI is InChI=1S/C25H33N3O/c29-24-15-23-16-26(13-11-21-7-3-1-4-8-21)18-25(28(23)17-24)19-27(20-25)14-12-22-9-5-2-6-10-22/h1-10,23-24,29H,11-20H2. The van der Waals surface area contributed by atoms with Gasteiger partial charge in [0.2, 0.25) is 0 Å². The second-order valence-corrected chi connectivity index (χ2v) is 9.34. The predicted octanol–water partition coefficient (Wildman–Crippen LogP) is 2.28. The third kappa shape index (κ3) is 4.13. The fraction of sp³-hybridized carbons (Fsp3) is 0.520. The summed E-state index contributed by atoms with van der Waals surface area (Å²) in [6.07, 6.45) is 3.03. The van der Waals surface area contributed by atoms with Crippen molar-refractivity contribution >= 4 is 0 Å². The molecule has 3 heterocycles. The summed E-state index contributed by atoms with van der Waals surface area (Å²) in [7, 11) is 0. The van der Waals surface area contributed by atoms with Gasteiger partial charge >= 0.3 is 0 Å². The van der Waals surface area contributed by atoms with Crippen LogP contribution in [0.2, 0.25) is 0 Å². The third-order valence-electron chi connectivity index (χ3n) is 7.14. The molecule has 4 heteroatoms. The Hall–Kier alpha value is -1.72. The van der Waals surface area contributed by atoms with Crippen molar-refractivity contribution in [1.82, 2.24) is 14.7 Å². The molecule has 0 aromatic heterocycles. The van der Waals surface area contributed by atoms with Crippen molar-refractivity contribution in [3.8, 4) is 0 Å². The highest BCUT2D eigenvalue weighted by Crippen LogP contribution is 2.38. The van der Waals surface area contributed by atoms with Gasteiger partial charge in [-0.1, -0.05) is 60.7 Å². The van der Waals surface area contributed by atoms with Gasteiger partial charge in [0.15, 0.2) is 0 Å². The van der Waals surface area contributed by atoms with Gasteiger partial charge in [0, 0.05) is 51.9 Å². The normalized spacial score (nSPS) is 27.1. The topological polar surface area (TPSA) is 30.0 Å². The van der Waals surface area contributed by atoms with E-state index < -0.39 is 0 Å². The summed E-state index contributed by atoms with van der Waals surface area (Å²) in [5, 5.41) is 10.4. The number of aliphatic hydroxyl groups excluding tert-OH is 1. The van der Waals surface area contributed by atoms with Crippen LogP contribution in [-0.2, 0) is 12.8 Å². The minimum atomic E-state index is -0.149. The maximum absolute atomic E-state index is 10.4. The number of fused-ring (bicyclic) bond motifs is 2. The molecule has 2 aromatic carbocycles. The van der Waals surface area contributed by atoms with E-state index in [1.54, 1.807) is 0 Å². The first-order valence-corrected chi connectivity index (χ1v) is 11.2. The summed E-state index contributed by atoms with van der Waals surface area (Å²) in [5.41, 5.74) is 3.10. The number of benzene rings is 2. The number of β-amino-alcohol motifs (C(OH)–C–C–N with tert-alkyl or cyclic N) is 1. The Bertz CT molecular complexity index is 790. The minimum Gasteiger partial charge on any atom is -0.392 e. The van der Waals surface area contributed by atoms with Crippen LogP contribution >= 0.6 is 0 Å². The number of aliphatic hydroxyl groups is 1. The summed E-state index contributed by atoms with van der Waals surface area (Å²) in [6, 6.07) is 22.2. The quantitative estimate of drug-likeness (QED) is 0.818. The van der Waals surface area contributed by atoms with Gasteiger partial charge < -0.3 is 5.11 Å². The summed E-state index contributed by atoms with van der Waals surface area (Å²) in [6.45, 7) is 7.66. The van der Waals surface area contributed by atoms with Crippen molar-refractivity contribution in [2.75, 3.05) is 45.8 Å². The number of hydrogen-bond acceptors (Lipinski definition) is 4. The lowest BCUT2D eigenvalue weighted by molar-refractivity contribution is -0.112. The van der Waals surface area contributed by atoms with Crippen LogP contribution < -0.4 is 0 Å². The van der Waals surface area contributed by atoms with E-state index in [-0.39, 0.29) is 11.6 Å². The lowest BCUT2D eigenvalue weighted by Crippen LogP contribution is -2.78. The number of hydrogen-bond donors (Lipinski definition) is 1. The Kier molecular flexibility index (Phi) is 5.44. The summed E-state index contributed by atoms with van der Waals surface area (Å²) in [5.74, 6) is 0. The molecular formula is C25H33N3O. The number of rotatable bonds is 6. The van der Waals surface area contributed by atoms with E-state index in [1.165, 1.54) is 11.1 Å². The fourth-order valence-corrected chi connectivity index (χ4v) is 5.78. The summed E-state index contributed by atoms with van der Waals surface area (Å²) >= 11 is 0. The van der Waals surface area contributed by atoms with Crippen LogP contribution in [0.5, 0.6) is 0 Å². The van der Waals surface area contributed by atoms with Crippen LogP contribution in [0.1, 0.15) is 17.5 Å². The van der Waals surface area contributed by atoms with Crippen LogP contribution in [0, 0.1) is 0 Å².